The molecule has 0 aromatic carbocycles. The fraction of sp³-hybridized carbons (Fsp3) is 0.714. The number of hydrogen-bond acceptors (Lipinski definition) is 4. The molecule has 1 heterocycles. The van der Waals surface area contributed by atoms with Gasteiger partial charge in [-0.15, -0.1) is 0 Å². The van der Waals surface area contributed by atoms with E-state index in [1.54, 1.807) is 0 Å². The number of carbonyl (C=O) groups is 2. The van der Waals surface area contributed by atoms with Crippen molar-refractivity contribution in [2.45, 2.75) is 6.92 Å². The Bertz CT molecular complexity index is 192. The van der Waals surface area contributed by atoms with Crippen LogP contribution in [0.4, 0.5) is 0 Å². The van der Waals surface area contributed by atoms with Gasteiger partial charge in [-0.1, -0.05) is 0 Å². The van der Waals surface area contributed by atoms with Crippen LogP contribution in [-0.2, 0) is 19.1 Å². The number of carbonyl (C=O) groups excluding carboxylic acids is 2. The number of rotatable bonds is 3. The molecule has 0 atom stereocenters. The number of hydrogen-bond donors (Lipinski definition) is 0. The summed E-state index contributed by atoms with van der Waals surface area (Å²) >= 11 is 0. The maximum absolute atomic E-state index is 10.9. The van der Waals surface area contributed by atoms with Gasteiger partial charge in [-0.25, -0.2) is 0 Å². The van der Waals surface area contributed by atoms with Gasteiger partial charge in [0.1, 0.15) is 19.9 Å². The molecule has 1 rings (SSSR count). The summed E-state index contributed by atoms with van der Waals surface area (Å²) in [4.78, 5) is 22.8. The predicted octanol–water partition coefficient (Wildman–Crippen LogP) is -0.634. The summed E-state index contributed by atoms with van der Waals surface area (Å²) in [7, 11) is 0. The highest BCUT2D eigenvalue weighted by Gasteiger charge is 2.20. The first kappa shape index (κ1) is 8.99. The molecular weight excluding hydrogens is 162 g/mol. The number of ether oxygens (including phenoxy) is 2. The fourth-order valence-corrected chi connectivity index (χ4v) is 0.895. The average Bonchev–Trinajstić information content (AvgIpc) is 2.36. The normalized spacial score (nSPS) is 16.8. The summed E-state index contributed by atoms with van der Waals surface area (Å²) in [6, 6.07) is 0. The van der Waals surface area contributed by atoms with Crippen molar-refractivity contribution in [3.05, 3.63) is 0 Å². The molecule has 0 radical (unpaired) electrons. The van der Waals surface area contributed by atoms with Crippen LogP contribution in [0.3, 0.4) is 0 Å². The van der Waals surface area contributed by atoms with Crippen molar-refractivity contribution >= 4 is 11.9 Å². The molecule has 0 aromatic rings. The highest BCUT2D eigenvalue weighted by Crippen LogP contribution is 1.99. The molecule has 0 bridgehead atoms. The lowest BCUT2D eigenvalue weighted by Crippen LogP contribution is -2.29. The molecule has 0 aliphatic carbocycles. The summed E-state index contributed by atoms with van der Waals surface area (Å²) in [5.74, 6) is -0.385. The number of amides is 1. The van der Waals surface area contributed by atoms with Crippen LogP contribution in [-0.4, -0.2) is 43.3 Å². The zero-order valence-electron chi connectivity index (χ0n) is 6.91. The van der Waals surface area contributed by atoms with Crippen molar-refractivity contribution in [3.63, 3.8) is 0 Å². The lowest BCUT2D eigenvalue weighted by Gasteiger charge is -2.12. The molecule has 5 heteroatoms. The smallest absolute Gasteiger partial charge is 0.302 e. The highest BCUT2D eigenvalue weighted by molar-refractivity contribution is 5.78. The molecule has 0 unspecified atom stereocenters. The Morgan fingerprint density at radius 1 is 1.75 bits per heavy atom. The van der Waals surface area contributed by atoms with E-state index in [0.29, 0.717) is 13.3 Å². The monoisotopic (exact) mass is 173 g/mol. The third kappa shape index (κ3) is 2.50. The second-order valence-corrected chi connectivity index (χ2v) is 2.47. The van der Waals surface area contributed by atoms with Crippen LogP contribution in [0.25, 0.3) is 0 Å². The molecule has 0 saturated carbocycles. The van der Waals surface area contributed by atoms with E-state index in [4.69, 9.17) is 4.74 Å². The Hall–Kier alpha value is -1.10. The quantitative estimate of drug-likeness (QED) is 0.533. The van der Waals surface area contributed by atoms with Gasteiger partial charge in [-0.05, 0) is 0 Å². The number of esters is 1. The number of nitrogens with zero attached hydrogens (tertiary/aromatic N) is 1. The summed E-state index contributed by atoms with van der Waals surface area (Å²) in [5, 5.41) is 0. The molecule has 12 heavy (non-hydrogen) atoms. The third-order valence-electron chi connectivity index (χ3n) is 1.49. The van der Waals surface area contributed by atoms with Gasteiger partial charge in [0.2, 0.25) is 0 Å². The Morgan fingerprint density at radius 3 is 3.00 bits per heavy atom. The standard InChI is InChI=1S/C7H11NO4/c1-6(9)12-3-2-8-5-11-4-7(8)10/h2-5H2,1H3. The first-order chi connectivity index (χ1) is 5.70. The van der Waals surface area contributed by atoms with E-state index in [-0.39, 0.29) is 25.1 Å². The van der Waals surface area contributed by atoms with Crippen molar-refractivity contribution in [3.8, 4) is 0 Å². The fourth-order valence-electron chi connectivity index (χ4n) is 0.895. The second-order valence-electron chi connectivity index (χ2n) is 2.47. The van der Waals surface area contributed by atoms with E-state index in [2.05, 4.69) is 4.74 Å². The van der Waals surface area contributed by atoms with Crippen LogP contribution >= 0.6 is 0 Å². The van der Waals surface area contributed by atoms with Gasteiger partial charge in [-0.3, -0.25) is 9.59 Å². The zero-order chi connectivity index (χ0) is 8.97. The summed E-state index contributed by atoms with van der Waals surface area (Å²) < 4.78 is 9.53. The van der Waals surface area contributed by atoms with E-state index >= 15 is 0 Å². The zero-order valence-corrected chi connectivity index (χ0v) is 6.91. The first-order valence-electron chi connectivity index (χ1n) is 3.69. The molecule has 68 valence electrons. The van der Waals surface area contributed by atoms with Crippen molar-refractivity contribution < 1.29 is 19.1 Å². The molecule has 1 aliphatic heterocycles. The largest absolute Gasteiger partial charge is 0.464 e. The van der Waals surface area contributed by atoms with Crippen LogP contribution in [0.5, 0.6) is 0 Å². The highest BCUT2D eigenvalue weighted by atomic mass is 16.5. The maximum Gasteiger partial charge on any atom is 0.302 e. The van der Waals surface area contributed by atoms with Crippen molar-refractivity contribution in [1.29, 1.82) is 0 Å². The van der Waals surface area contributed by atoms with Gasteiger partial charge < -0.3 is 14.4 Å². The van der Waals surface area contributed by atoms with E-state index in [0.717, 1.165) is 0 Å². The molecule has 1 amide bonds. The van der Waals surface area contributed by atoms with E-state index in [1.807, 2.05) is 0 Å². The first-order valence-corrected chi connectivity index (χ1v) is 3.69. The van der Waals surface area contributed by atoms with Crippen molar-refractivity contribution in [2.24, 2.45) is 0 Å². The topological polar surface area (TPSA) is 55.8 Å². The molecule has 1 aliphatic rings. The Balaban J connectivity index is 2.14. The molecule has 0 N–H and O–H groups in total. The predicted molar refractivity (Wildman–Crippen MR) is 39.2 cm³/mol. The molecule has 5 nitrogen and oxygen atoms in total. The molecule has 0 spiro atoms. The third-order valence-corrected chi connectivity index (χ3v) is 1.49. The molecule has 1 fully saturated rings. The summed E-state index contributed by atoms with van der Waals surface area (Å²) in [6.45, 7) is 2.44. The van der Waals surface area contributed by atoms with Crippen LogP contribution in [0.2, 0.25) is 0 Å². The Morgan fingerprint density at radius 2 is 2.50 bits per heavy atom. The van der Waals surface area contributed by atoms with Crippen molar-refractivity contribution in [2.75, 3.05) is 26.5 Å². The van der Waals surface area contributed by atoms with E-state index < -0.39 is 0 Å². The van der Waals surface area contributed by atoms with Gasteiger partial charge in [0.25, 0.3) is 5.91 Å². The Labute approximate surface area is 70.2 Å². The summed E-state index contributed by atoms with van der Waals surface area (Å²) in [6.07, 6.45) is 0. The van der Waals surface area contributed by atoms with Crippen LogP contribution in [0.15, 0.2) is 0 Å². The van der Waals surface area contributed by atoms with Crippen LogP contribution in [0, 0.1) is 0 Å². The summed E-state index contributed by atoms with van der Waals surface area (Å²) in [5.41, 5.74) is 0. The SMILES string of the molecule is CC(=O)OCCN1COCC1=O. The van der Waals surface area contributed by atoms with Gasteiger partial charge >= 0.3 is 5.97 Å². The molecular formula is C7H11NO4. The van der Waals surface area contributed by atoms with E-state index in [9.17, 15) is 9.59 Å². The lowest BCUT2D eigenvalue weighted by molar-refractivity contribution is -0.142. The lowest BCUT2D eigenvalue weighted by atomic mass is 10.5. The second kappa shape index (κ2) is 4.06. The van der Waals surface area contributed by atoms with Gasteiger partial charge in [0.05, 0.1) is 6.54 Å². The van der Waals surface area contributed by atoms with Gasteiger partial charge in [0, 0.05) is 6.92 Å². The Kier molecular flexibility index (Phi) is 3.04. The van der Waals surface area contributed by atoms with Crippen molar-refractivity contribution in [1.82, 2.24) is 4.90 Å². The maximum atomic E-state index is 10.9. The minimum atomic E-state index is -0.331. The molecule has 1 saturated heterocycles. The van der Waals surface area contributed by atoms with Crippen LogP contribution in [0.1, 0.15) is 6.92 Å². The van der Waals surface area contributed by atoms with Gasteiger partial charge in [-0.2, -0.15) is 0 Å². The van der Waals surface area contributed by atoms with Crippen LogP contribution < -0.4 is 0 Å². The minimum absolute atomic E-state index is 0.0536. The average molecular weight is 173 g/mol. The molecule has 0 aromatic heterocycles. The minimum Gasteiger partial charge on any atom is -0.464 e. The van der Waals surface area contributed by atoms with E-state index in [1.165, 1.54) is 11.8 Å². The van der Waals surface area contributed by atoms with Gasteiger partial charge in [0.15, 0.2) is 0 Å².